The molecule has 2 N–H and O–H groups in total. The minimum Gasteiger partial charge on any atom is -0.339 e. The molecule has 6 nitrogen and oxygen atoms in total. The van der Waals surface area contributed by atoms with E-state index in [-0.39, 0.29) is 0 Å². The van der Waals surface area contributed by atoms with E-state index in [0.717, 1.165) is 27.9 Å². The average Bonchev–Trinajstić information content (AvgIpc) is 3.15. The van der Waals surface area contributed by atoms with Crippen LogP contribution < -0.4 is 5.73 Å². The number of nitrogens with two attached hydrogens (primary N) is 1. The summed E-state index contributed by atoms with van der Waals surface area (Å²) in [5, 5.41) is 3.95. The molecule has 0 amide bonds. The van der Waals surface area contributed by atoms with E-state index in [1.54, 1.807) is 13.1 Å². The van der Waals surface area contributed by atoms with Gasteiger partial charge in [0.25, 0.3) is 0 Å². The fourth-order valence-electron chi connectivity index (χ4n) is 3.19. The molecule has 0 radical (unpaired) electrons. The fourth-order valence-corrected chi connectivity index (χ4v) is 3.19. The summed E-state index contributed by atoms with van der Waals surface area (Å²) in [6.07, 6.45) is 3.94. The van der Waals surface area contributed by atoms with Crippen LogP contribution in [0.1, 0.15) is 24.1 Å². The van der Waals surface area contributed by atoms with Crippen LogP contribution in [0.25, 0.3) is 22.5 Å². The number of aromatic nitrogens is 4. The molecule has 1 unspecified atom stereocenters. The molecule has 4 aromatic rings. The fraction of sp³-hybridized carbons (Fsp3) is 0.182. The van der Waals surface area contributed by atoms with E-state index in [9.17, 15) is 0 Å². The first-order valence-electron chi connectivity index (χ1n) is 9.07. The van der Waals surface area contributed by atoms with Crippen molar-refractivity contribution in [2.75, 3.05) is 0 Å². The van der Waals surface area contributed by atoms with Crippen molar-refractivity contribution in [2.45, 2.75) is 25.8 Å². The third-order valence-corrected chi connectivity index (χ3v) is 4.70. The van der Waals surface area contributed by atoms with Crippen LogP contribution >= 0.6 is 0 Å². The first kappa shape index (κ1) is 18.0. The molecule has 0 saturated carbocycles. The Kier molecular flexibility index (Phi) is 4.71. The van der Waals surface area contributed by atoms with Gasteiger partial charge in [0.15, 0.2) is 0 Å². The number of benzene rings is 2. The Morgan fingerprint density at radius 2 is 1.57 bits per heavy atom. The molecule has 140 valence electrons. The molecule has 2 aromatic carbocycles. The van der Waals surface area contributed by atoms with Gasteiger partial charge in [-0.05, 0) is 36.1 Å². The van der Waals surface area contributed by atoms with E-state index >= 15 is 0 Å². The summed E-state index contributed by atoms with van der Waals surface area (Å²) in [4.78, 5) is 12.5. The molecule has 0 aliphatic carbocycles. The second kappa shape index (κ2) is 7.32. The van der Waals surface area contributed by atoms with Crippen LogP contribution in [0.4, 0.5) is 0 Å². The Bertz CT molecular complexity index is 1050. The normalized spacial score (nSPS) is 13.2. The second-order valence-corrected chi connectivity index (χ2v) is 7.10. The number of hydrogen-bond donors (Lipinski definition) is 1. The van der Waals surface area contributed by atoms with Crippen molar-refractivity contribution in [3.63, 3.8) is 0 Å². The quantitative estimate of drug-likeness (QED) is 0.572. The SMILES string of the molecule is Cc1nc(-c2ccc(-c3ccc(CC(C)(N)c4ccncn4)cc3)cc2)no1. The molecule has 4 rings (SSSR count). The van der Waals surface area contributed by atoms with Crippen LogP contribution in [0.5, 0.6) is 0 Å². The Balaban J connectivity index is 1.50. The van der Waals surface area contributed by atoms with Crippen LogP contribution in [0.15, 0.2) is 71.6 Å². The molecule has 1 atom stereocenters. The van der Waals surface area contributed by atoms with Crippen LogP contribution in [0, 0.1) is 6.92 Å². The maximum atomic E-state index is 6.48. The third-order valence-electron chi connectivity index (χ3n) is 4.70. The van der Waals surface area contributed by atoms with Crippen molar-refractivity contribution >= 4 is 0 Å². The lowest BCUT2D eigenvalue weighted by atomic mass is 9.89. The Labute approximate surface area is 163 Å². The molecule has 28 heavy (non-hydrogen) atoms. The van der Waals surface area contributed by atoms with Gasteiger partial charge in [-0.2, -0.15) is 4.98 Å². The lowest BCUT2D eigenvalue weighted by Crippen LogP contribution is -2.36. The summed E-state index contributed by atoms with van der Waals surface area (Å²) in [7, 11) is 0. The maximum Gasteiger partial charge on any atom is 0.223 e. The molecular formula is C22H21N5O. The molecule has 0 saturated heterocycles. The Morgan fingerprint density at radius 1 is 0.929 bits per heavy atom. The number of nitrogens with zero attached hydrogens (tertiary/aromatic N) is 4. The van der Waals surface area contributed by atoms with Crippen LogP contribution in [-0.4, -0.2) is 20.1 Å². The summed E-state index contributed by atoms with van der Waals surface area (Å²) in [5.41, 5.74) is 11.1. The minimum absolute atomic E-state index is 0.547. The first-order valence-corrected chi connectivity index (χ1v) is 9.07. The molecular weight excluding hydrogens is 350 g/mol. The topological polar surface area (TPSA) is 90.7 Å². The largest absolute Gasteiger partial charge is 0.339 e. The molecule has 0 fully saturated rings. The van der Waals surface area contributed by atoms with E-state index < -0.39 is 5.54 Å². The highest BCUT2D eigenvalue weighted by Gasteiger charge is 2.23. The van der Waals surface area contributed by atoms with Gasteiger partial charge in [0.05, 0.1) is 11.2 Å². The van der Waals surface area contributed by atoms with E-state index in [1.807, 2.05) is 25.1 Å². The molecule has 6 heteroatoms. The average molecular weight is 371 g/mol. The lowest BCUT2D eigenvalue weighted by molar-refractivity contribution is 0.394. The van der Waals surface area contributed by atoms with Crippen molar-refractivity contribution in [3.8, 4) is 22.5 Å². The smallest absolute Gasteiger partial charge is 0.223 e. The summed E-state index contributed by atoms with van der Waals surface area (Å²) in [6, 6.07) is 18.4. The van der Waals surface area contributed by atoms with Gasteiger partial charge in [0.1, 0.15) is 6.33 Å². The summed E-state index contributed by atoms with van der Waals surface area (Å²) < 4.78 is 5.04. The zero-order chi connectivity index (χ0) is 19.6. The van der Waals surface area contributed by atoms with Gasteiger partial charge in [-0.25, -0.2) is 9.97 Å². The van der Waals surface area contributed by atoms with Crippen molar-refractivity contribution in [3.05, 3.63) is 84.3 Å². The summed E-state index contributed by atoms with van der Waals surface area (Å²) in [6.45, 7) is 3.77. The number of hydrogen-bond acceptors (Lipinski definition) is 6. The lowest BCUT2D eigenvalue weighted by Gasteiger charge is -2.24. The number of aryl methyl sites for hydroxylation is 1. The van der Waals surface area contributed by atoms with Gasteiger partial charge in [-0.3, -0.25) is 0 Å². The van der Waals surface area contributed by atoms with Crippen LogP contribution in [0.3, 0.4) is 0 Å². The highest BCUT2D eigenvalue weighted by atomic mass is 16.5. The molecule has 0 spiro atoms. The molecule has 0 aliphatic heterocycles. The van der Waals surface area contributed by atoms with Crippen LogP contribution in [0.2, 0.25) is 0 Å². The van der Waals surface area contributed by atoms with Gasteiger partial charge >= 0.3 is 0 Å². The van der Waals surface area contributed by atoms with Crippen molar-refractivity contribution in [1.82, 2.24) is 20.1 Å². The number of rotatable bonds is 5. The van der Waals surface area contributed by atoms with Gasteiger partial charge in [-0.15, -0.1) is 0 Å². The summed E-state index contributed by atoms with van der Waals surface area (Å²) in [5.74, 6) is 1.16. The monoisotopic (exact) mass is 371 g/mol. The van der Waals surface area contributed by atoms with E-state index in [4.69, 9.17) is 10.3 Å². The first-order chi connectivity index (χ1) is 13.5. The van der Waals surface area contributed by atoms with Gasteiger partial charge in [0, 0.05) is 18.7 Å². The third kappa shape index (κ3) is 3.82. The zero-order valence-corrected chi connectivity index (χ0v) is 15.8. The molecule has 0 bridgehead atoms. The second-order valence-electron chi connectivity index (χ2n) is 7.10. The molecule has 2 aromatic heterocycles. The van der Waals surface area contributed by atoms with Gasteiger partial charge in [-0.1, -0.05) is 53.7 Å². The minimum atomic E-state index is -0.547. The highest BCUT2D eigenvalue weighted by Crippen LogP contribution is 2.26. The van der Waals surface area contributed by atoms with Crippen molar-refractivity contribution in [1.29, 1.82) is 0 Å². The maximum absolute atomic E-state index is 6.48. The molecule has 2 heterocycles. The van der Waals surface area contributed by atoms with Gasteiger partial charge in [0.2, 0.25) is 11.7 Å². The van der Waals surface area contributed by atoms with Gasteiger partial charge < -0.3 is 10.3 Å². The van der Waals surface area contributed by atoms with Crippen LogP contribution in [-0.2, 0) is 12.0 Å². The van der Waals surface area contributed by atoms with Crippen molar-refractivity contribution in [2.24, 2.45) is 5.73 Å². The van der Waals surface area contributed by atoms with E-state index in [2.05, 4.69) is 56.5 Å². The highest BCUT2D eigenvalue weighted by molar-refractivity contribution is 5.67. The zero-order valence-electron chi connectivity index (χ0n) is 15.8. The Morgan fingerprint density at radius 3 is 2.14 bits per heavy atom. The summed E-state index contributed by atoms with van der Waals surface area (Å²) >= 11 is 0. The predicted molar refractivity (Wildman–Crippen MR) is 107 cm³/mol. The van der Waals surface area contributed by atoms with Crippen molar-refractivity contribution < 1.29 is 4.52 Å². The standard InChI is InChI=1S/C22H21N5O/c1-15-26-21(27-28-15)19-9-7-18(8-10-19)17-5-3-16(4-6-17)13-22(2,23)20-11-12-24-14-25-20/h3-12,14H,13,23H2,1-2H3. The predicted octanol–water partition coefficient (Wildman–Crippen LogP) is 3.92. The van der Waals surface area contributed by atoms with E-state index in [1.165, 1.54) is 6.33 Å². The van der Waals surface area contributed by atoms with E-state index in [0.29, 0.717) is 18.1 Å². The Hall–Kier alpha value is -3.38. The molecule has 0 aliphatic rings.